The van der Waals surface area contributed by atoms with Gasteiger partial charge in [-0.2, -0.15) is 0 Å². The molecule has 0 radical (unpaired) electrons. The summed E-state index contributed by atoms with van der Waals surface area (Å²) in [5.74, 6) is -1.35. The van der Waals surface area contributed by atoms with Gasteiger partial charge >= 0.3 is 0 Å². The van der Waals surface area contributed by atoms with Gasteiger partial charge in [0.05, 0.1) is 16.8 Å². The molecule has 0 aliphatic heterocycles. The van der Waals surface area contributed by atoms with Crippen molar-refractivity contribution in [2.45, 2.75) is 13.0 Å². The largest absolute Gasteiger partial charge is 0.350 e. The second kappa shape index (κ2) is 9.44. The van der Waals surface area contributed by atoms with Gasteiger partial charge < -0.3 is 10.6 Å². The first-order chi connectivity index (χ1) is 15.5. The van der Waals surface area contributed by atoms with Crippen LogP contribution in [0.1, 0.15) is 17.3 Å². The van der Waals surface area contributed by atoms with Gasteiger partial charge in [-0.15, -0.1) is 0 Å². The number of nitrogens with one attached hydrogen (secondary N) is 4. The average molecular weight is 448 g/mol. The molecular weight excluding hydrogens is 426 g/mol. The van der Waals surface area contributed by atoms with Crippen LogP contribution < -0.4 is 21.5 Å². The lowest BCUT2D eigenvalue weighted by Crippen LogP contribution is -2.50. The van der Waals surface area contributed by atoms with E-state index in [-0.39, 0.29) is 12.5 Å². The molecule has 0 saturated carbocycles. The van der Waals surface area contributed by atoms with Crippen LogP contribution >= 0.6 is 11.3 Å². The van der Waals surface area contributed by atoms with E-state index < -0.39 is 17.9 Å². The lowest BCUT2D eigenvalue weighted by molar-refractivity contribution is -0.128. The van der Waals surface area contributed by atoms with Crippen LogP contribution in [0.3, 0.4) is 0 Å². The quantitative estimate of drug-likeness (QED) is 0.340. The maximum atomic E-state index is 12.3. The summed E-state index contributed by atoms with van der Waals surface area (Å²) >= 11 is 1.44. The van der Waals surface area contributed by atoms with E-state index in [4.69, 9.17) is 0 Å². The first kappa shape index (κ1) is 21.3. The summed E-state index contributed by atoms with van der Waals surface area (Å²) in [7, 11) is 0. The Kier molecular flexibility index (Phi) is 6.27. The Morgan fingerprint density at radius 3 is 2.50 bits per heavy atom. The molecule has 1 atom stereocenters. The molecule has 0 spiro atoms. The Morgan fingerprint density at radius 1 is 0.938 bits per heavy atom. The third-order valence-electron chi connectivity index (χ3n) is 4.77. The molecule has 0 bridgehead atoms. The predicted octanol–water partition coefficient (Wildman–Crippen LogP) is 2.83. The second-order valence-electron chi connectivity index (χ2n) is 7.13. The van der Waals surface area contributed by atoms with E-state index in [0.717, 1.165) is 21.0 Å². The highest BCUT2D eigenvalue weighted by atomic mass is 32.1. The van der Waals surface area contributed by atoms with E-state index in [9.17, 15) is 14.4 Å². The lowest BCUT2D eigenvalue weighted by atomic mass is 10.1. The Hall–Kier alpha value is -3.98. The van der Waals surface area contributed by atoms with Crippen molar-refractivity contribution < 1.29 is 14.4 Å². The smallest absolute Gasteiger partial charge is 0.260 e. The zero-order valence-corrected chi connectivity index (χ0v) is 18.0. The number of carbonyl (C=O) groups excluding carboxylic acids is 3. The minimum Gasteiger partial charge on any atom is -0.350 e. The van der Waals surface area contributed by atoms with Crippen LogP contribution in [-0.2, 0) is 9.59 Å². The minimum atomic E-state index is -0.622. The molecule has 4 aromatic rings. The van der Waals surface area contributed by atoms with Crippen LogP contribution in [0, 0.1) is 0 Å². The maximum Gasteiger partial charge on any atom is 0.260 e. The molecule has 1 aromatic heterocycles. The van der Waals surface area contributed by atoms with Crippen LogP contribution in [0.25, 0.3) is 21.0 Å². The Bertz CT molecular complexity index is 1270. The van der Waals surface area contributed by atoms with Gasteiger partial charge in [-0.1, -0.05) is 53.8 Å². The fraction of sp³-hybridized carbons (Fsp3) is 0.130. The van der Waals surface area contributed by atoms with Crippen molar-refractivity contribution in [2.75, 3.05) is 11.9 Å². The number of hydrogen-bond donors (Lipinski definition) is 4. The van der Waals surface area contributed by atoms with Crippen molar-refractivity contribution in [1.82, 2.24) is 21.2 Å². The molecule has 0 unspecified atom stereocenters. The fourth-order valence-corrected chi connectivity index (χ4v) is 4.01. The molecule has 162 valence electrons. The number of benzene rings is 3. The van der Waals surface area contributed by atoms with Gasteiger partial charge in [0.1, 0.15) is 6.04 Å². The number of aromatic nitrogens is 1. The third kappa shape index (κ3) is 5.01. The van der Waals surface area contributed by atoms with Crippen LogP contribution in [0.15, 0.2) is 66.7 Å². The zero-order valence-electron chi connectivity index (χ0n) is 17.2. The number of hydrazine groups is 1. The number of para-hydroxylation sites is 1. The molecule has 4 rings (SSSR count). The summed E-state index contributed by atoms with van der Waals surface area (Å²) < 4.78 is 1.01. The van der Waals surface area contributed by atoms with Gasteiger partial charge in [0.15, 0.2) is 5.13 Å². The van der Waals surface area contributed by atoms with Gasteiger partial charge in [0.25, 0.3) is 17.7 Å². The highest BCUT2D eigenvalue weighted by Gasteiger charge is 2.16. The van der Waals surface area contributed by atoms with Crippen LogP contribution in [0.4, 0.5) is 5.13 Å². The van der Waals surface area contributed by atoms with Crippen molar-refractivity contribution in [3.8, 4) is 0 Å². The molecule has 9 heteroatoms. The fourth-order valence-electron chi connectivity index (χ4n) is 3.06. The Labute approximate surface area is 188 Å². The molecule has 0 saturated heterocycles. The molecule has 3 amide bonds. The first-order valence-corrected chi connectivity index (χ1v) is 10.8. The average Bonchev–Trinajstić information content (AvgIpc) is 3.22. The van der Waals surface area contributed by atoms with Crippen molar-refractivity contribution in [3.63, 3.8) is 0 Å². The predicted molar refractivity (Wildman–Crippen MR) is 125 cm³/mol. The molecular formula is C23H21N5O3S. The van der Waals surface area contributed by atoms with Crippen LogP contribution in [0.2, 0.25) is 0 Å². The summed E-state index contributed by atoms with van der Waals surface area (Å²) in [5.41, 5.74) is 5.95. The first-order valence-electron chi connectivity index (χ1n) is 9.97. The molecule has 3 aromatic carbocycles. The summed E-state index contributed by atoms with van der Waals surface area (Å²) in [5, 5.41) is 8.14. The van der Waals surface area contributed by atoms with Crippen LogP contribution in [0.5, 0.6) is 0 Å². The highest BCUT2D eigenvalue weighted by molar-refractivity contribution is 7.22. The summed E-state index contributed by atoms with van der Waals surface area (Å²) in [6, 6.07) is 20.1. The van der Waals surface area contributed by atoms with Gasteiger partial charge in [-0.05, 0) is 42.0 Å². The highest BCUT2D eigenvalue weighted by Crippen LogP contribution is 2.25. The number of rotatable bonds is 6. The number of fused-ring (bicyclic) bond motifs is 2. The van der Waals surface area contributed by atoms with Crippen molar-refractivity contribution >= 4 is 55.2 Å². The number of thiazole rings is 1. The maximum absolute atomic E-state index is 12.3. The van der Waals surface area contributed by atoms with E-state index in [1.54, 1.807) is 19.1 Å². The summed E-state index contributed by atoms with van der Waals surface area (Å²) in [4.78, 5) is 41.0. The SMILES string of the molecule is C[C@H](Nc1nc2ccccc2s1)C(=O)NNC(=O)CNC(=O)c1ccc2ccccc2c1. The summed E-state index contributed by atoms with van der Waals surface area (Å²) in [6.07, 6.45) is 0. The van der Waals surface area contributed by atoms with Crippen molar-refractivity contribution in [1.29, 1.82) is 0 Å². The number of amides is 3. The third-order valence-corrected chi connectivity index (χ3v) is 5.74. The van der Waals surface area contributed by atoms with E-state index >= 15 is 0 Å². The molecule has 0 aliphatic carbocycles. The molecule has 8 nitrogen and oxygen atoms in total. The van der Waals surface area contributed by atoms with Crippen LogP contribution in [-0.4, -0.2) is 35.3 Å². The monoisotopic (exact) mass is 447 g/mol. The van der Waals surface area contributed by atoms with Gasteiger partial charge in [-0.3, -0.25) is 25.2 Å². The van der Waals surface area contributed by atoms with E-state index in [2.05, 4.69) is 26.5 Å². The van der Waals surface area contributed by atoms with Crippen molar-refractivity contribution in [2.24, 2.45) is 0 Å². The van der Waals surface area contributed by atoms with Gasteiger partial charge in [0, 0.05) is 5.56 Å². The zero-order chi connectivity index (χ0) is 22.5. The molecule has 1 heterocycles. The summed E-state index contributed by atoms with van der Waals surface area (Å²) in [6.45, 7) is 1.39. The number of anilines is 1. The Balaban J connectivity index is 1.23. The second-order valence-corrected chi connectivity index (χ2v) is 8.17. The molecule has 0 aliphatic rings. The van der Waals surface area contributed by atoms with E-state index in [1.807, 2.05) is 54.6 Å². The number of hydrogen-bond acceptors (Lipinski definition) is 6. The number of nitrogens with zero attached hydrogens (tertiary/aromatic N) is 1. The van der Waals surface area contributed by atoms with Crippen molar-refractivity contribution in [3.05, 3.63) is 72.3 Å². The van der Waals surface area contributed by atoms with E-state index in [0.29, 0.717) is 10.7 Å². The van der Waals surface area contributed by atoms with E-state index in [1.165, 1.54) is 11.3 Å². The lowest BCUT2D eigenvalue weighted by Gasteiger charge is -2.14. The van der Waals surface area contributed by atoms with Gasteiger partial charge in [-0.25, -0.2) is 4.98 Å². The standard InChI is InChI=1S/C23H21N5O3S/c1-14(25-23-26-18-8-4-5-9-19(18)32-23)21(30)28-27-20(29)13-24-22(31)17-11-10-15-6-2-3-7-16(15)12-17/h2-12,14H,13H2,1H3,(H,24,31)(H,25,26)(H,27,29)(H,28,30)/t14-/m0/s1. The molecule has 32 heavy (non-hydrogen) atoms. The molecule has 0 fully saturated rings. The molecule has 4 N–H and O–H groups in total. The number of carbonyl (C=O) groups is 3. The van der Waals surface area contributed by atoms with Gasteiger partial charge in [0.2, 0.25) is 0 Å². The Morgan fingerprint density at radius 2 is 1.69 bits per heavy atom. The normalized spacial score (nSPS) is 11.7. The minimum absolute atomic E-state index is 0.272. The topological polar surface area (TPSA) is 112 Å².